The lowest BCUT2D eigenvalue weighted by molar-refractivity contribution is 0.584. The van der Waals surface area contributed by atoms with Crippen LogP contribution in [0.25, 0.3) is 33.1 Å². The number of hydrogen-bond acceptors (Lipinski definition) is 1. The number of benzene rings is 3. The number of fused-ring (bicyclic) bond motifs is 3. The van der Waals surface area contributed by atoms with E-state index in [2.05, 4.69) is 0 Å². The number of hydrogen-bond donors (Lipinski definition) is 0. The molecule has 0 amide bonds. The van der Waals surface area contributed by atoms with Crippen molar-refractivity contribution in [3.8, 4) is 11.1 Å². The number of furan rings is 1. The molecule has 4 aromatic rings. The molecule has 0 unspecified atom stereocenters. The van der Waals surface area contributed by atoms with Gasteiger partial charge in [-0.2, -0.15) is 0 Å². The smallest absolute Gasteiger partial charge is 0.171 e. The largest absolute Gasteiger partial charge is 0.453 e. The highest BCUT2D eigenvalue weighted by Gasteiger charge is 2.13. The van der Waals surface area contributed by atoms with Crippen molar-refractivity contribution in [1.29, 1.82) is 0 Å². The third-order valence-electron chi connectivity index (χ3n) is 3.60. The van der Waals surface area contributed by atoms with Gasteiger partial charge in [-0.25, -0.2) is 4.39 Å². The van der Waals surface area contributed by atoms with E-state index in [0.717, 1.165) is 21.9 Å². The zero-order valence-electron chi connectivity index (χ0n) is 10.9. The maximum Gasteiger partial charge on any atom is 0.171 e. The molecule has 1 heterocycles. The van der Waals surface area contributed by atoms with E-state index in [0.29, 0.717) is 10.6 Å². The molecular formula is C18H10ClFO. The molecule has 0 aliphatic heterocycles. The minimum Gasteiger partial charge on any atom is -0.453 e. The summed E-state index contributed by atoms with van der Waals surface area (Å²) < 4.78 is 19.9. The van der Waals surface area contributed by atoms with Crippen molar-refractivity contribution < 1.29 is 8.81 Å². The third kappa shape index (κ3) is 1.99. The highest BCUT2D eigenvalue weighted by atomic mass is 35.5. The minimum absolute atomic E-state index is 0.270. The SMILES string of the molecule is Fc1cc(-c2ccccc2)cc2c1oc1cc(Cl)ccc12. The van der Waals surface area contributed by atoms with Gasteiger partial charge in [0.1, 0.15) is 5.58 Å². The summed E-state index contributed by atoms with van der Waals surface area (Å²) in [5, 5.41) is 2.21. The fourth-order valence-electron chi connectivity index (χ4n) is 2.61. The summed E-state index contributed by atoms with van der Waals surface area (Å²) in [6, 6.07) is 18.5. The summed E-state index contributed by atoms with van der Waals surface area (Å²) in [4.78, 5) is 0. The van der Waals surface area contributed by atoms with Crippen LogP contribution in [0.5, 0.6) is 0 Å². The van der Waals surface area contributed by atoms with E-state index in [9.17, 15) is 4.39 Å². The zero-order chi connectivity index (χ0) is 14.4. The van der Waals surface area contributed by atoms with Crippen LogP contribution < -0.4 is 0 Å². The Kier molecular flexibility index (Phi) is 2.72. The molecule has 0 N–H and O–H groups in total. The van der Waals surface area contributed by atoms with Gasteiger partial charge in [-0.15, -0.1) is 0 Å². The highest BCUT2D eigenvalue weighted by molar-refractivity contribution is 6.31. The molecule has 21 heavy (non-hydrogen) atoms. The Bertz CT molecular complexity index is 957. The topological polar surface area (TPSA) is 13.1 Å². The van der Waals surface area contributed by atoms with Crippen molar-refractivity contribution in [3.05, 3.63) is 71.5 Å². The maximum absolute atomic E-state index is 14.3. The number of rotatable bonds is 1. The van der Waals surface area contributed by atoms with Crippen molar-refractivity contribution in [2.75, 3.05) is 0 Å². The molecule has 1 nitrogen and oxygen atoms in total. The van der Waals surface area contributed by atoms with Crippen LogP contribution >= 0.6 is 11.6 Å². The Morgan fingerprint density at radius 2 is 1.62 bits per heavy atom. The van der Waals surface area contributed by atoms with Crippen LogP contribution in [0.1, 0.15) is 0 Å². The fourth-order valence-corrected chi connectivity index (χ4v) is 2.77. The first-order valence-corrected chi connectivity index (χ1v) is 6.97. The Hall–Kier alpha value is -2.32. The standard InChI is InChI=1S/C18H10ClFO/c19-13-6-7-14-15-8-12(11-4-2-1-3-5-11)9-16(20)18(15)21-17(14)10-13/h1-10H. The number of halogens is 2. The van der Waals surface area contributed by atoms with Gasteiger partial charge in [0, 0.05) is 21.9 Å². The molecule has 0 aliphatic rings. The Labute approximate surface area is 125 Å². The van der Waals surface area contributed by atoms with Crippen LogP contribution in [0.3, 0.4) is 0 Å². The van der Waals surface area contributed by atoms with Crippen LogP contribution in [-0.4, -0.2) is 0 Å². The summed E-state index contributed by atoms with van der Waals surface area (Å²) in [6.07, 6.45) is 0. The van der Waals surface area contributed by atoms with Crippen LogP contribution in [0.15, 0.2) is 65.1 Å². The van der Waals surface area contributed by atoms with E-state index in [-0.39, 0.29) is 11.4 Å². The highest BCUT2D eigenvalue weighted by Crippen LogP contribution is 2.35. The van der Waals surface area contributed by atoms with E-state index >= 15 is 0 Å². The summed E-state index contributed by atoms with van der Waals surface area (Å²) >= 11 is 5.96. The Balaban J connectivity index is 2.07. The molecule has 102 valence electrons. The van der Waals surface area contributed by atoms with Crippen molar-refractivity contribution in [1.82, 2.24) is 0 Å². The van der Waals surface area contributed by atoms with Gasteiger partial charge in [0.15, 0.2) is 11.4 Å². The molecule has 0 saturated carbocycles. The lowest BCUT2D eigenvalue weighted by atomic mass is 10.0. The predicted molar refractivity (Wildman–Crippen MR) is 84.1 cm³/mol. The molecule has 0 aliphatic carbocycles. The predicted octanol–water partition coefficient (Wildman–Crippen LogP) is 6.05. The van der Waals surface area contributed by atoms with Gasteiger partial charge in [0.25, 0.3) is 0 Å². The Morgan fingerprint density at radius 3 is 2.43 bits per heavy atom. The van der Waals surface area contributed by atoms with Crippen molar-refractivity contribution >= 4 is 33.5 Å². The lowest BCUT2D eigenvalue weighted by Crippen LogP contribution is -1.81. The minimum atomic E-state index is -0.362. The third-order valence-corrected chi connectivity index (χ3v) is 3.83. The summed E-state index contributed by atoms with van der Waals surface area (Å²) in [5.41, 5.74) is 2.67. The quantitative estimate of drug-likeness (QED) is 0.417. The molecule has 0 radical (unpaired) electrons. The second kappa shape index (κ2) is 4.61. The second-order valence-electron chi connectivity index (χ2n) is 4.94. The molecule has 1 aromatic heterocycles. The molecular weight excluding hydrogens is 287 g/mol. The van der Waals surface area contributed by atoms with E-state index in [4.69, 9.17) is 16.0 Å². The zero-order valence-corrected chi connectivity index (χ0v) is 11.7. The van der Waals surface area contributed by atoms with E-state index in [1.165, 1.54) is 6.07 Å². The summed E-state index contributed by atoms with van der Waals surface area (Å²) in [5.74, 6) is -0.362. The first-order chi connectivity index (χ1) is 10.2. The van der Waals surface area contributed by atoms with Gasteiger partial charge in [-0.3, -0.25) is 0 Å². The van der Waals surface area contributed by atoms with Gasteiger partial charge in [0.2, 0.25) is 0 Å². The molecule has 0 atom stereocenters. The van der Waals surface area contributed by atoms with Crippen molar-refractivity contribution in [3.63, 3.8) is 0 Å². The summed E-state index contributed by atoms with van der Waals surface area (Å²) in [6.45, 7) is 0. The Morgan fingerprint density at radius 1 is 0.810 bits per heavy atom. The molecule has 4 rings (SSSR count). The van der Waals surface area contributed by atoms with Crippen LogP contribution in [0.2, 0.25) is 5.02 Å². The van der Waals surface area contributed by atoms with Crippen LogP contribution in [0, 0.1) is 5.82 Å². The van der Waals surface area contributed by atoms with Crippen molar-refractivity contribution in [2.24, 2.45) is 0 Å². The summed E-state index contributed by atoms with van der Waals surface area (Å²) in [7, 11) is 0. The van der Waals surface area contributed by atoms with Gasteiger partial charge in [-0.1, -0.05) is 41.9 Å². The van der Waals surface area contributed by atoms with Crippen LogP contribution in [0.4, 0.5) is 4.39 Å². The lowest BCUT2D eigenvalue weighted by Gasteiger charge is -2.02. The molecule has 3 aromatic carbocycles. The van der Waals surface area contributed by atoms with E-state index < -0.39 is 0 Å². The first-order valence-electron chi connectivity index (χ1n) is 6.59. The van der Waals surface area contributed by atoms with Crippen LogP contribution in [-0.2, 0) is 0 Å². The monoisotopic (exact) mass is 296 g/mol. The maximum atomic E-state index is 14.3. The second-order valence-corrected chi connectivity index (χ2v) is 5.38. The first kappa shape index (κ1) is 12.4. The fraction of sp³-hybridized carbons (Fsp3) is 0. The van der Waals surface area contributed by atoms with Gasteiger partial charge < -0.3 is 4.42 Å². The molecule has 0 fully saturated rings. The average Bonchev–Trinajstić information content (AvgIpc) is 2.86. The van der Waals surface area contributed by atoms with E-state index in [1.807, 2.05) is 42.5 Å². The van der Waals surface area contributed by atoms with Crippen molar-refractivity contribution in [2.45, 2.75) is 0 Å². The molecule has 0 bridgehead atoms. The van der Waals surface area contributed by atoms with Gasteiger partial charge >= 0.3 is 0 Å². The molecule has 0 spiro atoms. The van der Waals surface area contributed by atoms with Gasteiger partial charge in [-0.05, 0) is 35.4 Å². The van der Waals surface area contributed by atoms with E-state index in [1.54, 1.807) is 12.1 Å². The molecule has 0 saturated heterocycles. The average molecular weight is 297 g/mol. The van der Waals surface area contributed by atoms with Gasteiger partial charge in [0.05, 0.1) is 0 Å². The normalized spacial score (nSPS) is 11.3. The molecule has 3 heteroatoms.